The van der Waals surface area contributed by atoms with Gasteiger partial charge in [0, 0.05) is 25.9 Å². The maximum atomic E-state index is 12.8. The van der Waals surface area contributed by atoms with Gasteiger partial charge >= 0.3 is 0 Å². The molecule has 0 aliphatic rings. The van der Waals surface area contributed by atoms with Crippen molar-refractivity contribution >= 4 is 11.8 Å². The van der Waals surface area contributed by atoms with E-state index in [1.54, 1.807) is 0 Å². The first-order valence-corrected chi connectivity index (χ1v) is 23.2. The zero-order valence-electron chi connectivity index (χ0n) is 34.5. The van der Waals surface area contributed by atoms with Crippen molar-refractivity contribution in [1.29, 1.82) is 0 Å². The van der Waals surface area contributed by atoms with Crippen LogP contribution in [0, 0.1) is 0 Å². The predicted octanol–water partition coefficient (Wildman–Crippen LogP) is 14.9. The van der Waals surface area contributed by atoms with Crippen molar-refractivity contribution in [3.05, 3.63) is 0 Å². The molecule has 0 aliphatic carbocycles. The maximum absolute atomic E-state index is 12.8. The molecule has 0 saturated carbocycles. The lowest BCUT2D eigenvalue weighted by atomic mass is 10.0. The van der Waals surface area contributed by atoms with Crippen LogP contribution in [0.25, 0.3) is 0 Å². The standard InChI is InChI=1S/C46H92N2O2/c1-3-5-7-9-11-13-15-17-19-21-23-25-27-29-31-33-35-37-39-41-45(49)48(44-43-47)46(50)42-40-38-36-34-32-30-28-26-24-22-20-18-16-14-12-10-8-6-4-2/h3-44,47H2,1-2H3. The van der Waals surface area contributed by atoms with Gasteiger partial charge in [-0.2, -0.15) is 0 Å². The van der Waals surface area contributed by atoms with Crippen molar-refractivity contribution in [3.63, 3.8) is 0 Å². The van der Waals surface area contributed by atoms with Gasteiger partial charge < -0.3 is 5.73 Å². The van der Waals surface area contributed by atoms with Crippen LogP contribution < -0.4 is 5.73 Å². The molecule has 0 atom stereocenters. The van der Waals surface area contributed by atoms with Gasteiger partial charge in [0.25, 0.3) is 0 Å². The minimum atomic E-state index is -0.00905. The molecule has 4 nitrogen and oxygen atoms in total. The van der Waals surface area contributed by atoms with Gasteiger partial charge in [0.15, 0.2) is 0 Å². The van der Waals surface area contributed by atoms with E-state index in [4.69, 9.17) is 5.73 Å². The summed E-state index contributed by atoms with van der Waals surface area (Å²) in [7, 11) is 0. The van der Waals surface area contributed by atoms with E-state index in [1.165, 1.54) is 223 Å². The van der Waals surface area contributed by atoms with Crippen LogP contribution in [0.1, 0.15) is 271 Å². The summed E-state index contributed by atoms with van der Waals surface area (Å²) in [6.45, 7) is 5.31. The lowest BCUT2D eigenvalue weighted by Gasteiger charge is -2.20. The Morgan fingerprint density at radius 1 is 0.320 bits per heavy atom. The number of carbonyl (C=O) groups excluding carboxylic acids is 2. The van der Waals surface area contributed by atoms with E-state index in [0.29, 0.717) is 25.9 Å². The van der Waals surface area contributed by atoms with Crippen LogP contribution in [0.15, 0.2) is 0 Å². The fraction of sp³-hybridized carbons (Fsp3) is 0.957. The Hall–Kier alpha value is -0.900. The number of nitrogens with two attached hydrogens (primary N) is 1. The Bertz CT molecular complexity index is 627. The largest absolute Gasteiger partial charge is 0.329 e. The van der Waals surface area contributed by atoms with E-state index in [2.05, 4.69) is 13.8 Å². The first-order valence-electron chi connectivity index (χ1n) is 23.2. The van der Waals surface area contributed by atoms with E-state index in [-0.39, 0.29) is 11.8 Å². The number of amides is 2. The third-order valence-corrected chi connectivity index (χ3v) is 10.9. The molecule has 298 valence electrons. The maximum Gasteiger partial charge on any atom is 0.229 e. The molecule has 0 saturated heterocycles. The quantitative estimate of drug-likeness (QED) is 0.0643. The molecule has 0 aromatic heterocycles. The van der Waals surface area contributed by atoms with Crippen LogP contribution in [0.4, 0.5) is 0 Å². The summed E-state index contributed by atoms with van der Waals surface area (Å²) in [6, 6.07) is 0. The third-order valence-electron chi connectivity index (χ3n) is 10.9. The number of rotatable bonds is 42. The Kier molecular flexibility index (Phi) is 41.7. The fourth-order valence-electron chi connectivity index (χ4n) is 7.50. The first-order chi connectivity index (χ1) is 24.7. The van der Waals surface area contributed by atoms with Crippen LogP contribution in [0.5, 0.6) is 0 Å². The molecule has 0 rings (SSSR count). The average molecular weight is 705 g/mol. The first kappa shape index (κ1) is 49.1. The van der Waals surface area contributed by atoms with Gasteiger partial charge in [0.2, 0.25) is 11.8 Å². The number of imide groups is 1. The molecular weight excluding hydrogens is 613 g/mol. The Balaban J connectivity index is 3.56. The zero-order valence-corrected chi connectivity index (χ0v) is 34.5. The fourth-order valence-corrected chi connectivity index (χ4v) is 7.50. The summed E-state index contributed by atoms with van der Waals surface area (Å²) < 4.78 is 0. The molecule has 4 heteroatoms. The predicted molar refractivity (Wildman–Crippen MR) is 222 cm³/mol. The van der Waals surface area contributed by atoms with Gasteiger partial charge in [-0.25, -0.2) is 0 Å². The van der Waals surface area contributed by atoms with E-state index >= 15 is 0 Å². The van der Waals surface area contributed by atoms with E-state index in [0.717, 1.165) is 25.7 Å². The number of hydrogen-bond donors (Lipinski definition) is 1. The Labute approximate surface area is 315 Å². The average Bonchev–Trinajstić information content (AvgIpc) is 3.12. The number of hydrogen-bond acceptors (Lipinski definition) is 3. The van der Waals surface area contributed by atoms with Crippen LogP contribution in [-0.4, -0.2) is 29.8 Å². The molecule has 0 radical (unpaired) electrons. The number of nitrogens with zero attached hydrogens (tertiary/aromatic N) is 1. The van der Waals surface area contributed by atoms with Gasteiger partial charge in [0.05, 0.1) is 0 Å². The molecule has 0 spiro atoms. The summed E-state index contributed by atoms with van der Waals surface area (Å²) in [5, 5.41) is 0. The Morgan fingerprint density at radius 3 is 0.680 bits per heavy atom. The lowest BCUT2D eigenvalue weighted by Crippen LogP contribution is -2.40. The van der Waals surface area contributed by atoms with Crippen LogP contribution in [0.3, 0.4) is 0 Å². The van der Waals surface area contributed by atoms with Gasteiger partial charge in [-0.3, -0.25) is 14.5 Å². The second kappa shape index (κ2) is 42.5. The second-order valence-corrected chi connectivity index (χ2v) is 16.0. The zero-order chi connectivity index (χ0) is 36.4. The lowest BCUT2D eigenvalue weighted by molar-refractivity contribution is -0.144. The smallest absolute Gasteiger partial charge is 0.229 e. The van der Waals surface area contributed by atoms with Crippen molar-refractivity contribution in [3.8, 4) is 0 Å². The highest BCUT2D eigenvalue weighted by Crippen LogP contribution is 2.17. The molecule has 0 fully saturated rings. The molecule has 2 amide bonds. The highest BCUT2D eigenvalue weighted by Gasteiger charge is 2.19. The molecule has 0 heterocycles. The summed E-state index contributed by atoms with van der Waals surface area (Å²) in [6.07, 6.45) is 52.2. The summed E-state index contributed by atoms with van der Waals surface area (Å²) in [4.78, 5) is 27.1. The molecule has 2 N–H and O–H groups in total. The normalized spacial score (nSPS) is 11.4. The SMILES string of the molecule is CCCCCCCCCCCCCCCCCCCCCC(=O)N(CCN)C(=O)CCCCCCCCCCCCCCCCCCCCC. The summed E-state index contributed by atoms with van der Waals surface area (Å²) in [5.41, 5.74) is 5.76. The van der Waals surface area contributed by atoms with Crippen molar-refractivity contribution in [2.45, 2.75) is 271 Å². The van der Waals surface area contributed by atoms with Crippen molar-refractivity contribution in [1.82, 2.24) is 4.90 Å². The third kappa shape index (κ3) is 36.9. The van der Waals surface area contributed by atoms with Crippen molar-refractivity contribution < 1.29 is 9.59 Å². The molecular formula is C46H92N2O2. The second-order valence-electron chi connectivity index (χ2n) is 16.0. The van der Waals surface area contributed by atoms with E-state index in [1.807, 2.05) is 0 Å². The number of unbranched alkanes of at least 4 members (excludes halogenated alkanes) is 36. The molecule has 0 unspecified atom stereocenters. The van der Waals surface area contributed by atoms with E-state index < -0.39 is 0 Å². The van der Waals surface area contributed by atoms with E-state index in [9.17, 15) is 9.59 Å². The molecule has 0 bridgehead atoms. The highest BCUT2D eigenvalue weighted by molar-refractivity contribution is 5.95. The van der Waals surface area contributed by atoms with Crippen LogP contribution >= 0.6 is 0 Å². The van der Waals surface area contributed by atoms with Crippen LogP contribution in [-0.2, 0) is 9.59 Å². The van der Waals surface area contributed by atoms with Gasteiger partial charge in [0.1, 0.15) is 0 Å². The topological polar surface area (TPSA) is 63.4 Å². The minimum Gasteiger partial charge on any atom is -0.329 e. The molecule has 0 aliphatic heterocycles. The van der Waals surface area contributed by atoms with Gasteiger partial charge in [-0.1, -0.05) is 245 Å². The summed E-state index contributed by atoms with van der Waals surface area (Å²) in [5.74, 6) is -0.0181. The Morgan fingerprint density at radius 2 is 0.500 bits per heavy atom. The highest BCUT2D eigenvalue weighted by atomic mass is 16.2. The monoisotopic (exact) mass is 705 g/mol. The van der Waals surface area contributed by atoms with Gasteiger partial charge in [-0.05, 0) is 12.8 Å². The minimum absolute atomic E-state index is 0.00905. The van der Waals surface area contributed by atoms with Gasteiger partial charge in [-0.15, -0.1) is 0 Å². The molecule has 0 aromatic carbocycles. The molecule has 0 aromatic rings. The van der Waals surface area contributed by atoms with Crippen molar-refractivity contribution in [2.75, 3.05) is 13.1 Å². The van der Waals surface area contributed by atoms with Crippen LogP contribution in [0.2, 0.25) is 0 Å². The number of carbonyl (C=O) groups is 2. The molecule has 50 heavy (non-hydrogen) atoms. The summed E-state index contributed by atoms with van der Waals surface area (Å²) >= 11 is 0. The van der Waals surface area contributed by atoms with Crippen molar-refractivity contribution in [2.24, 2.45) is 5.73 Å².